The summed E-state index contributed by atoms with van der Waals surface area (Å²) in [7, 11) is 0. The highest BCUT2D eigenvalue weighted by Gasteiger charge is 2.00. The van der Waals surface area contributed by atoms with E-state index in [-0.39, 0.29) is 0 Å². The third kappa shape index (κ3) is 3.28. The number of aromatic nitrogens is 2. The molecule has 4 nitrogen and oxygen atoms in total. The minimum atomic E-state index is -1.06. The van der Waals surface area contributed by atoms with Crippen molar-refractivity contribution in [1.82, 2.24) is 9.55 Å². The number of hydrogen-bond donors (Lipinski definition) is 1. The molecule has 0 amide bonds. The predicted molar refractivity (Wildman–Crippen MR) is 64.4 cm³/mol. The summed E-state index contributed by atoms with van der Waals surface area (Å²) >= 11 is 0. The van der Waals surface area contributed by atoms with Crippen molar-refractivity contribution in [3.05, 3.63) is 59.9 Å². The number of halogens is 1. The van der Waals surface area contributed by atoms with Crippen LogP contribution in [0.15, 0.2) is 43.0 Å². The maximum Gasteiger partial charge on any atom is 0.328 e. The van der Waals surface area contributed by atoms with Crippen molar-refractivity contribution in [2.24, 2.45) is 0 Å². The van der Waals surface area contributed by atoms with Crippen LogP contribution in [0.2, 0.25) is 0 Å². The molecule has 0 aliphatic carbocycles. The van der Waals surface area contributed by atoms with Gasteiger partial charge in [0.05, 0.1) is 6.33 Å². The zero-order chi connectivity index (χ0) is 13.0. The standard InChI is InChI=1S/C13H11FN2O2/c14-12-6-10(1-2-13(17)18)5-11(7-12)8-16-4-3-15-9-16/h1-7,9H,8H2,(H,17,18). The average molecular weight is 246 g/mol. The topological polar surface area (TPSA) is 55.1 Å². The van der Waals surface area contributed by atoms with Gasteiger partial charge in [-0.1, -0.05) is 0 Å². The second-order valence-electron chi connectivity index (χ2n) is 3.80. The van der Waals surface area contributed by atoms with Gasteiger partial charge in [0.1, 0.15) is 5.82 Å². The van der Waals surface area contributed by atoms with Crippen molar-refractivity contribution in [3.63, 3.8) is 0 Å². The molecule has 0 fully saturated rings. The van der Waals surface area contributed by atoms with Gasteiger partial charge in [-0.3, -0.25) is 0 Å². The monoisotopic (exact) mass is 246 g/mol. The van der Waals surface area contributed by atoms with Gasteiger partial charge in [-0.2, -0.15) is 0 Å². The normalized spacial score (nSPS) is 10.9. The highest BCUT2D eigenvalue weighted by Crippen LogP contribution is 2.12. The quantitative estimate of drug-likeness (QED) is 0.841. The molecule has 0 saturated heterocycles. The number of aliphatic carboxylic acids is 1. The van der Waals surface area contributed by atoms with Crippen molar-refractivity contribution in [2.75, 3.05) is 0 Å². The Morgan fingerprint density at radius 2 is 2.28 bits per heavy atom. The number of carboxylic acids is 1. The molecule has 18 heavy (non-hydrogen) atoms. The molecule has 0 spiro atoms. The van der Waals surface area contributed by atoms with E-state index in [1.165, 1.54) is 18.2 Å². The number of benzene rings is 1. The number of rotatable bonds is 4. The first-order chi connectivity index (χ1) is 8.63. The molecule has 0 unspecified atom stereocenters. The fourth-order valence-electron chi connectivity index (χ4n) is 1.62. The highest BCUT2D eigenvalue weighted by molar-refractivity contribution is 5.85. The van der Waals surface area contributed by atoms with Crippen LogP contribution in [0.5, 0.6) is 0 Å². The van der Waals surface area contributed by atoms with Gasteiger partial charge >= 0.3 is 5.97 Å². The Labute approximate surface area is 103 Å². The van der Waals surface area contributed by atoms with Crippen molar-refractivity contribution in [2.45, 2.75) is 6.54 Å². The lowest BCUT2D eigenvalue weighted by Crippen LogP contribution is -1.97. The molecule has 0 radical (unpaired) electrons. The largest absolute Gasteiger partial charge is 0.478 e. The predicted octanol–water partition coefficient (Wildman–Crippen LogP) is 2.17. The maximum atomic E-state index is 13.4. The van der Waals surface area contributed by atoms with E-state index in [9.17, 15) is 9.18 Å². The first-order valence-corrected chi connectivity index (χ1v) is 5.30. The molecule has 0 atom stereocenters. The molecule has 1 aromatic carbocycles. The van der Waals surface area contributed by atoms with Crippen LogP contribution in [0.3, 0.4) is 0 Å². The molecule has 1 heterocycles. The van der Waals surface area contributed by atoms with E-state index in [0.29, 0.717) is 12.1 Å². The summed E-state index contributed by atoms with van der Waals surface area (Å²) in [4.78, 5) is 14.3. The molecule has 0 saturated carbocycles. The molecular weight excluding hydrogens is 235 g/mol. The molecule has 0 aliphatic heterocycles. The summed E-state index contributed by atoms with van der Waals surface area (Å²) in [6.45, 7) is 0.492. The summed E-state index contributed by atoms with van der Waals surface area (Å²) < 4.78 is 15.2. The molecule has 92 valence electrons. The van der Waals surface area contributed by atoms with E-state index in [1.54, 1.807) is 29.4 Å². The second kappa shape index (κ2) is 5.27. The fraction of sp³-hybridized carbons (Fsp3) is 0.0769. The summed E-state index contributed by atoms with van der Waals surface area (Å²) in [5.41, 5.74) is 1.27. The lowest BCUT2D eigenvalue weighted by atomic mass is 10.1. The van der Waals surface area contributed by atoms with Crippen LogP contribution < -0.4 is 0 Å². The third-order valence-electron chi connectivity index (χ3n) is 2.32. The Kier molecular flexibility index (Phi) is 3.52. The lowest BCUT2D eigenvalue weighted by molar-refractivity contribution is -0.131. The number of carbonyl (C=O) groups is 1. The highest BCUT2D eigenvalue weighted by atomic mass is 19.1. The fourth-order valence-corrected chi connectivity index (χ4v) is 1.62. The van der Waals surface area contributed by atoms with E-state index in [0.717, 1.165) is 11.6 Å². The van der Waals surface area contributed by atoms with Crippen LogP contribution in [0, 0.1) is 5.82 Å². The molecule has 1 aromatic heterocycles. The summed E-state index contributed by atoms with van der Waals surface area (Å²) in [5, 5.41) is 8.53. The summed E-state index contributed by atoms with van der Waals surface area (Å²) in [6, 6.07) is 4.44. The summed E-state index contributed by atoms with van der Waals surface area (Å²) in [6.07, 6.45) is 7.40. The summed E-state index contributed by atoms with van der Waals surface area (Å²) in [5.74, 6) is -1.45. The average Bonchev–Trinajstić information content (AvgIpc) is 2.78. The van der Waals surface area contributed by atoms with Crippen molar-refractivity contribution in [1.29, 1.82) is 0 Å². The maximum absolute atomic E-state index is 13.4. The van der Waals surface area contributed by atoms with Gasteiger partial charge in [-0.05, 0) is 35.4 Å². The van der Waals surface area contributed by atoms with Crippen LogP contribution in [-0.4, -0.2) is 20.6 Å². The third-order valence-corrected chi connectivity index (χ3v) is 2.32. The van der Waals surface area contributed by atoms with Crippen LogP contribution in [0.1, 0.15) is 11.1 Å². The lowest BCUT2D eigenvalue weighted by Gasteiger charge is -2.04. The van der Waals surface area contributed by atoms with E-state index >= 15 is 0 Å². The zero-order valence-corrected chi connectivity index (χ0v) is 9.45. The molecule has 0 bridgehead atoms. The van der Waals surface area contributed by atoms with Crippen molar-refractivity contribution < 1.29 is 14.3 Å². The Balaban J connectivity index is 2.23. The number of carboxylic acid groups (broad SMARTS) is 1. The molecule has 1 N–H and O–H groups in total. The molecule has 5 heteroatoms. The van der Waals surface area contributed by atoms with E-state index in [2.05, 4.69) is 4.98 Å². The van der Waals surface area contributed by atoms with Crippen LogP contribution in [0.25, 0.3) is 6.08 Å². The van der Waals surface area contributed by atoms with Crippen LogP contribution >= 0.6 is 0 Å². The number of hydrogen-bond acceptors (Lipinski definition) is 2. The van der Waals surface area contributed by atoms with Gasteiger partial charge in [0, 0.05) is 25.0 Å². The van der Waals surface area contributed by atoms with Crippen LogP contribution in [0.4, 0.5) is 4.39 Å². The molecule has 0 aliphatic rings. The minimum Gasteiger partial charge on any atom is -0.478 e. The Morgan fingerprint density at radius 3 is 2.94 bits per heavy atom. The van der Waals surface area contributed by atoms with Crippen molar-refractivity contribution >= 4 is 12.0 Å². The van der Waals surface area contributed by atoms with Gasteiger partial charge < -0.3 is 9.67 Å². The molecule has 2 aromatic rings. The first-order valence-electron chi connectivity index (χ1n) is 5.30. The van der Waals surface area contributed by atoms with E-state index in [4.69, 9.17) is 5.11 Å². The van der Waals surface area contributed by atoms with E-state index < -0.39 is 11.8 Å². The minimum absolute atomic E-state index is 0.391. The molecular formula is C13H11FN2O2. The smallest absolute Gasteiger partial charge is 0.328 e. The van der Waals surface area contributed by atoms with Gasteiger partial charge in [-0.15, -0.1) is 0 Å². The van der Waals surface area contributed by atoms with Crippen molar-refractivity contribution in [3.8, 4) is 0 Å². The first kappa shape index (κ1) is 12.0. The zero-order valence-electron chi connectivity index (χ0n) is 9.45. The Morgan fingerprint density at radius 1 is 1.44 bits per heavy atom. The van der Waals surface area contributed by atoms with Gasteiger partial charge in [0.15, 0.2) is 0 Å². The van der Waals surface area contributed by atoms with Crippen LogP contribution in [-0.2, 0) is 11.3 Å². The SMILES string of the molecule is O=C(O)C=Cc1cc(F)cc(Cn2ccnc2)c1. The van der Waals surface area contributed by atoms with Gasteiger partial charge in [-0.25, -0.2) is 14.2 Å². The van der Waals surface area contributed by atoms with E-state index in [1.807, 2.05) is 0 Å². The van der Waals surface area contributed by atoms with Gasteiger partial charge in [0.25, 0.3) is 0 Å². The second-order valence-corrected chi connectivity index (χ2v) is 3.80. The number of imidazole rings is 1. The van der Waals surface area contributed by atoms with Gasteiger partial charge in [0.2, 0.25) is 0 Å². The number of nitrogens with zero attached hydrogens (tertiary/aromatic N) is 2. The Bertz CT molecular complexity index is 577. The Hall–Kier alpha value is -2.43. The molecule has 2 rings (SSSR count).